The zero-order valence-corrected chi connectivity index (χ0v) is 15.8. The molecule has 5 nitrogen and oxygen atoms in total. The van der Waals surface area contributed by atoms with E-state index in [1.54, 1.807) is 6.07 Å². The number of para-hydroxylation sites is 1. The van der Waals surface area contributed by atoms with Crippen LogP contribution in [0.4, 0.5) is 13.2 Å². The third-order valence-electron chi connectivity index (χ3n) is 5.11. The summed E-state index contributed by atoms with van der Waals surface area (Å²) in [6.07, 6.45) is -4.53. The van der Waals surface area contributed by atoms with Crippen molar-refractivity contribution in [1.29, 1.82) is 0 Å². The highest BCUT2D eigenvalue weighted by atomic mass is 19.4. The monoisotopic (exact) mass is 408 g/mol. The molecule has 2 aromatic carbocycles. The van der Waals surface area contributed by atoms with Gasteiger partial charge in [-0.25, -0.2) is 0 Å². The molecule has 0 unspecified atom stereocenters. The van der Waals surface area contributed by atoms with Crippen LogP contribution in [-0.2, 0) is 11.3 Å². The second kappa shape index (κ2) is 8.61. The Morgan fingerprint density at radius 1 is 1.07 bits per heavy atom. The van der Waals surface area contributed by atoms with Gasteiger partial charge in [0.1, 0.15) is 11.5 Å². The largest absolute Gasteiger partial charge is 0.573 e. The number of benzene rings is 2. The molecule has 2 atom stereocenters. The molecule has 0 radical (unpaired) electrons. The van der Waals surface area contributed by atoms with Crippen LogP contribution in [0.5, 0.6) is 11.5 Å². The fraction of sp³-hybridized carbons (Fsp3) is 0.429. The Balaban J connectivity index is 1.44. The van der Waals surface area contributed by atoms with Gasteiger partial charge in [-0.2, -0.15) is 0 Å². The van der Waals surface area contributed by atoms with Crippen molar-refractivity contribution in [1.82, 2.24) is 10.2 Å². The highest BCUT2D eigenvalue weighted by molar-refractivity contribution is 5.38. The minimum Gasteiger partial charge on any atom is -0.465 e. The zero-order chi connectivity index (χ0) is 20.3. The van der Waals surface area contributed by atoms with Crippen LogP contribution in [0.2, 0.25) is 0 Å². The Labute approximate surface area is 167 Å². The molecule has 8 heteroatoms. The number of hydrogen-bond acceptors (Lipinski definition) is 5. The van der Waals surface area contributed by atoms with Gasteiger partial charge < -0.3 is 19.5 Å². The van der Waals surface area contributed by atoms with Crippen LogP contribution < -0.4 is 14.8 Å². The summed E-state index contributed by atoms with van der Waals surface area (Å²) in [7, 11) is 0. The second-order valence-corrected chi connectivity index (χ2v) is 7.13. The molecule has 2 heterocycles. The van der Waals surface area contributed by atoms with Crippen molar-refractivity contribution in [3.63, 3.8) is 0 Å². The number of nitrogens with one attached hydrogen (secondary N) is 1. The van der Waals surface area contributed by atoms with Gasteiger partial charge in [0, 0.05) is 44.2 Å². The normalized spacial score (nSPS) is 22.6. The number of alkyl halides is 3. The molecule has 4 rings (SSSR count). The maximum absolute atomic E-state index is 12.4. The van der Waals surface area contributed by atoms with Gasteiger partial charge in [0.15, 0.2) is 0 Å². The summed E-state index contributed by atoms with van der Waals surface area (Å²) >= 11 is 0. The number of fused-ring (bicyclic) bond motifs is 1. The average Bonchev–Trinajstić information content (AvgIpc) is 2.71. The molecule has 156 valence electrons. The molecule has 0 aliphatic carbocycles. The SMILES string of the molecule is FC(F)(F)Oc1cccc(CO[C@H]2C[C@H](N3CCNCC3)c3ccccc3O2)c1. The number of halogens is 3. The van der Waals surface area contributed by atoms with Gasteiger partial charge in [0.25, 0.3) is 0 Å². The average molecular weight is 408 g/mol. The maximum atomic E-state index is 12.4. The first-order valence-corrected chi connectivity index (χ1v) is 9.64. The Kier molecular flexibility index (Phi) is 5.94. The predicted molar refractivity (Wildman–Crippen MR) is 101 cm³/mol. The fourth-order valence-electron chi connectivity index (χ4n) is 3.83. The lowest BCUT2D eigenvalue weighted by molar-refractivity contribution is -0.274. The molecule has 0 amide bonds. The molecule has 2 aliphatic rings. The molecular weight excluding hydrogens is 385 g/mol. The van der Waals surface area contributed by atoms with Gasteiger partial charge in [0.05, 0.1) is 6.61 Å². The van der Waals surface area contributed by atoms with E-state index in [4.69, 9.17) is 9.47 Å². The van der Waals surface area contributed by atoms with Crippen LogP contribution >= 0.6 is 0 Å². The quantitative estimate of drug-likeness (QED) is 0.814. The summed E-state index contributed by atoms with van der Waals surface area (Å²) in [5.41, 5.74) is 1.74. The van der Waals surface area contributed by atoms with E-state index < -0.39 is 12.7 Å². The summed E-state index contributed by atoms with van der Waals surface area (Å²) in [6, 6.07) is 13.9. The third kappa shape index (κ3) is 5.20. The van der Waals surface area contributed by atoms with Gasteiger partial charge in [-0.15, -0.1) is 13.2 Å². The molecule has 0 spiro atoms. The molecule has 1 saturated heterocycles. The molecule has 1 fully saturated rings. The van der Waals surface area contributed by atoms with Crippen molar-refractivity contribution in [2.75, 3.05) is 26.2 Å². The van der Waals surface area contributed by atoms with E-state index in [0.29, 0.717) is 12.0 Å². The van der Waals surface area contributed by atoms with Gasteiger partial charge in [-0.1, -0.05) is 30.3 Å². The van der Waals surface area contributed by atoms with Crippen molar-refractivity contribution in [2.45, 2.75) is 31.7 Å². The Morgan fingerprint density at radius 2 is 1.86 bits per heavy atom. The lowest BCUT2D eigenvalue weighted by atomic mass is 9.97. The van der Waals surface area contributed by atoms with Crippen molar-refractivity contribution in [3.05, 3.63) is 59.7 Å². The van der Waals surface area contributed by atoms with Crippen LogP contribution in [-0.4, -0.2) is 43.7 Å². The van der Waals surface area contributed by atoms with Crippen molar-refractivity contribution >= 4 is 0 Å². The number of nitrogens with zero attached hydrogens (tertiary/aromatic N) is 1. The van der Waals surface area contributed by atoms with E-state index in [1.807, 2.05) is 18.2 Å². The predicted octanol–water partition coefficient (Wildman–Crippen LogP) is 3.86. The summed E-state index contributed by atoms with van der Waals surface area (Å²) in [5.74, 6) is 0.536. The van der Waals surface area contributed by atoms with Crippen LogP contribution in [0.15, 0.2) is 48.5 Å². The minimum absolute atomic E-state index is 0.135. The number of ether oxygens (including phenoxy) is 3. The van der Waals surface area contributed by atoms with Crippen molar-refractivity contribution in [3.8, 4) is 11.5 Å². The van der Waals surface area contributed by atoms with Crippen molar-refractivity contribution < 1.29 is 27.4 Å². The van der Waals surface area contributed by atoms with E-state index in [0.717, 1.165) is 37.5 Å². The third-order valence-corrected chi connectivity index (χ3v) is 5.11. The molecule has 2 aliphatic heterocycles. The van der Waals surface area contributed by atoms with Gasteiger partial charge in [0.2, 0.25) is 6.29 Å². The van der Waals surface area contributed by atoms with E-state index >= 15 is 0 Å². The smallest absolute Gasteiger partial charge is 0.465 e. The first-order valence-electron chi connectivity index (χ1n) is 9.64. The van der Waals surface area contributed by atoms with Crippen molar-refractivity contribution in [2.24, 2.45) is 0 Å². The molecule has 2 aromatic rings. The van der Waals surface area contributed by atoms with Gasteiger partial charge in [-0.05, 0) is 23.8 Å². The van der Waals surface area contributed by atoms with Crippen LogP contribution in [0.25, 0.3) is 0 Å². The lowest BCUT2D eigenvalue weighted by Crippen LogP contribution is -2.47. The van der Waals surface area contributed by atoms with Gasteiger partial charge in [-0.3, -0.25) is 4.90 Å². The summed E-state index contributed by atoms with van der Waals surface area (Å²) < 4.78 is 53.2. The number of piperazine rings is 1. The lowest BCUT2D eigenvalue weighted by Gasteiger charge is -2.40. The Hall–Kier alpha value is -2.29. The molecule has 29 heavy (non-hydrogen) atoms. The van der Waals surface area contributed by atoms with E-state index in [2.05, 4.69) is 21.0 Å². The standard InChI is InChI=1S/C21H23F3N2O3/c22-21(23,24)29-16-5-3-4-15(12-16)14-27-20-13-18(26-10-8-25-9-11-26)17-6-1-2-7-19(17)28-20/h1-7,12,18,20,25H,8-11,13-14H2/t18-,20+/m0/s1. The van der Waals surface area contributed by atoms with E-state index in [9.17, 15) is 13.2 Å². The minimum atomic E-state index is -4.72. The fourth-order valence-corrected chi connectivity index (χ4v) is 3.83. The molecule has 0 bridgehead atoms. The van der Waals surface area contributed by atoms with Crippen LogP contribution in [0.1, 0.15) is 23.6 Å². The zero-order valence-electron chi connectivity index (χ0n) is 15.8. The summed E-state index contributed by atoms with van der Waals surface area (Å²) in [6.45, 7) is 3.91. The molecule has 0 saturated carbocycles. The summed E-state index contributed by atoms with van der Waals surface area (Å²) in [4.78, 5) is 2.42. The molecule has 1 N–H and O–H groups in total. The Morgan fingerprint density at radius 3 is 2.66 bits per heavy atom. The van der Waals surface area contributed by atoms with Gasteiger partial charge >= 0.3 is 6.36 Å². The first-order chi connectivity index (χ1) is 14.0. The molecule has 0 aromatic heterocycles. The topological polar surface area (TPSA) is 43.0 Å². The van der Waals surface area contributed by atoms with Crippen LogP contribution in [0.3, 0.4) is 0 Å². The van der Waals surface area contributed by atoms with E-state index in [-0.39, 0.29) is 18.4 Å². The first kappa shape index (κ1) is 20.0. The van der Waals surface area contributed by atoms with E-state index in [1.165, 1.54) is 18.2 Å². The number of hydrogen-bond donors (Lipinski definition) is 1. The second-order valence-electron chi connectivity index (χ2n) is 7.13. The Bertz CT molecular complexity index is 825. The number of rotatable bonds is 5. The highest BCUT2D eigenvalue weighted by Crippen LogP contribution is 2.39. The maximum Gasteiger partial charge on any atom is 0.573 e. The summed E-state index contributed by atoms with van der Waals surface area (Å²) in [5, 5.41) is 3.36. The molecular formula is C21H23F3N2O3. The highest BCUT2D eigenvalue weighted by Gasteiger charge is 2.33. The van der Waals surface area contributed by atoms with Crippen LogP contribution in [0, 0.1) is 0 Å².